The molecule has 0 aliphatic heterocycles. The van der Waals surface area contributed by atoms with E-state index in [0.29, 0.717) is 5.92 Å². The highest BCUT2D eigenvalue weighted by Crippen LogP contribution is 2.57. The van der Waals surface area contributed by atoms with E-state index in [1.165, 1.54) is 50.1 Å². The number of hydrogen-bond acceptors (Lipinski definition) is 2. The summed E-state index contributed by atoms with van der Waals surface area (Å²) in [5.41, 5.74) is 15.9. The Kier molecular flexibility index (Phi) is 8.55. The fourth-order valence-corrected chi connectivity index (χ4v) is 9.21. The van der Waals surface area contributed by atoms with E-state index in [4.69, 9.17) is 0 Å². The molecule has 0 saturated heterocycles. The zero-order valence-electron chi connectivity index (χ0n) is 31.3. The van der Waals surface area contributed by atoms with Crippen LogP contribution in [0.1, 0.15) is 55.4 Å². The number of para-hydroxylation sites is 2. The molecule has 0 bridgehead atoms. The van der Waals surface area contributed by atoms with Gasteiger partial charge in [-0.3, -0.25) is 0 Å². The van der Waals surface area contributed by atoms with Gasteiger partial charge < -0.3 is 10.6 Å². The minimum Gasteiger partial charge on any atom is -0.355 e. The van der Waals surface area contributed by atoms with Crippen molar-refractivity contribution in [2.45, 2.75) is 43.9 Å². The van der Waals surface area contributed by atoms with Crippen molar-refractivity contribution < 1.29 is 0 Å². The van der Waals surface area contributed by atoms with Gasteiger partial charge in [-0.2, -0.15) is 0 Å². The Morgan fingerprint density at radius 2 is 1.30 bits per heavy atom. The highest BCUT2D eigenvalue weighted by molar-refractivity contribution is 5.88. The minimum atomic E-state index is 0.00663. The summed E-state index contributed by atoms with van der Waals surface area (Å²) in [4.78, 5) is 0. The summed E-state index contributed by atoms with van der Waals surface area (Å²) in [7, 11) is 0. The van der Waals surface area contributed by atoms with E-state index in [2.05, 4.69) is 220 Å². The first-order valence-electron chi connectivity index (χ1n) is 19.2. The molecule has 264 valence electrons. The molecule has 2 nitrogen and oxygen atoms in total. The van der Waals surface area contributed by atoms with Crippen molar-refractivity contribution in [3.63, 3.8) is 0 Å². The van der Waals surface area contributed by atoms with Crippen LogP contribution in [0.15, 0.2) is 188 Å². The van der Waals surface area contributed by atoms with Crippen molar-refractivity contribution >= 4 is 28.3 Å². The molecule has 2 N–H and O–H groups in total. The number of hydrogen-bond donors (Lipinski definition) is 2. The van der Waals surface area contributed by atoms with Crippen LogP contribution in [0, 0.1) is 5.92 Å². The summed E-state index contributed by atoms with van der Waals surface area (Å²) in [6, 6.07) is 52.7. The van der Waals surface area contributed by atoms with Crippen LogP contribution in [0.2, 0.25) is 0 Å². The van der Waals surface area contributed by atoms with E-state index in [0.717, 1.165) is 29.2 Å². The van der Waals surface area contributed by atoms with Crippen LogP contribution in [0.3, 0.4) is 0 Å². The van der Waals surface area contributed by atoms with Gasteiger partial charge >= 0.3 is 0 Å². The molecular weight excluding hydrogens is 653 g/mol. The molecule has 3 atom stereocenters. The molecule has 0 fully saturated rings. The molecule has 0 amide bonds. The van der Waals surface area contributed by atoms with Gasteiger partial charge in [0.2, 0.25) is 0 Å². The monoisotopic (exact) mass is 698 g/mol. The van der Waals surface area contributed by atoms with Crippen LogP contribution in [-0.4, -0.2) is 0 Å². The molecule has 0 saturated carbocycles. The SMILES string of the molecule is CC1(C)c2cc(Nc3cc(-c4ccccc4)ccc3-c3cccc(C4=CC(c5ccccc5Nc5ccccc5)CC=C4)c3)ccc2C2(C)C=CC=CC12. The number of rotatable bonds is 8. The van der Waals surface area contributed by atoms with Crippen LogP contribution < -0.4 is 10.6 Å². The summed E-state index contributed by atoms with van der Waals surface area (Å²) in [5, 5.41) is 7.59. The van der Waals surface area contributed by atoms with Crippen molar-refractivity contribution in [3.8, 4) is 22.3 Å². The Morgan fingerprint density at radius 3 is 2.15 bits per heavy atom. The number of anilines is 4. The quantitative estimate of drug-likeness (QED) is 0.165. The lowest BCUT2D eigenvalue weighted by Crippen LogP contribution is -2.33. The molecule has 0 aromatic heterocycles. The first-order valence-corrected chi connectivity index (χ1v) is 19.2. The van der Waals surface area contributed by atoms with Gasteiger partial charge in [0.25, 0.3) is 0 Å². The van der Waals surface area contributed by atoms with Crippen molar-refractivity contribution in [2.24, 2.45) is 5.92 Å². The molecule has 0 heterocycles. The largest absolute Gasteiger partial charge is 0.355 e. The summed E-state index contributed by atoms with van der Waals surface area (Å²) in [6.07, 6.45) is 17.3. The Bertz CT molecular complexity index is 2460. The topological polar surface area (TPSA) is 24.1 Å². The highest BCUT2D eigenvalue weighted by Gasteiger charge is 2.51. The first-order chi connectivity index (χ1) is 26.4. The van der Waals surface area contributed by atoms with Crippen molar-refractivity contribution in [1.82, 2.24) is 0 Å². The Labute approximate surface area is 320 Å². The van der Waals surface area contributed by atoms with E-state index >= 15 is 0 Å². The van der Waals surface area contributed by atoms with Gasteiger partial charge in [-0.05, 0) is 105 Å². The van der Waals surface area contributed by atoms with Gasteiger partial charge in [-0.1, -0.05) is 166 Å². The molecule has 3 aliphatic rings. The molecule has 2 heteroatoms. The zero-order valence-corrected chi connectivity index (χ0v) is 31.3. The number of benzene rings is 6. The predicted molar refractivity (Wildman–Crippen MR) is 230 cm³/mol. The zero-order chi connectivity index (χ0) is 36.7. The predicted octanol–water partition coefficient (Wildman–Crippen LogP) is 13.9. The van der Waals surface area contributed by atoms with Gasteiger partial charge in [0, 0.05) is 39.6 Å². The lowest BCUT2D eigenvalue weighted by Gasteiger charge is -2.36. The number of fused-ring (bicyclic) bond motifs is 3. The van der Waals surface area contributed by atoms with Gasteiger partial charge in [-0.25, -0.2) is 0 Å². The van der Waals surface area contributed by atoms with Crippen LogP contribution in [0.4, 0.5) is 22.7 Å². The molecule has 0 spiro atoms. The van der Waals surface area contributed by atoms with Gasteiger partial charge in [0.1, 0.15) is 0 Å². The Hall–Kier alpha value is -6.12. The minimum absolute atomic E-state index is 0.00663. The Balaban J connectivity index is 1.07. The lowest BCUT2D eigenvalue weighted by molar-refractivity contribution is 0.324. The van der Waals surface area contributed by atoms with Crippen LogP contribution >= 0.6 is 0 Å². The molecular formula is C52H46N2. The lowest BCUT2D eigenvalue weighted by atomic mass is 9.67. The van der Waals surface area contributed by atoms with Crippen LogP contribution in [0.25, 0.3) is 27.8 Å². The van der Waals surface area contributed by atoms with E-state index in [9.17, 15) is 0 Å². The smallest absolute Gasteiger partial charge is 0.0470 e. The third kappa shape index (κ3) is 6.12. The third-order valence-electron chi connectivity index (χ3n) is 12.0. The molecule has 0 radical (unpaired) electrons. The standard InChI is InChI=1S/C52H46N2/c1-51(2)47-35-43(28-30-46(47)52(3)31-13-12-26-50(51)52)54-49-34-39(36-16-6-4-7-17-36)27-29-45(49)41-21-15-19-38(33-41)37-18-14-20-40(32-37)44-24-10-11-25-48(44)53-42-22-8-5-9-23-42/h4-19,21-35,40,50,53-54H,20H2,1-3H3. The maximum absolute atomic E-state index is 3.92. The summed E-state index contributed by atoms with van der Waals surface area (Å²) < 4.78 is 0. The molecule has 3 unspecified atom stereocenters. The van der Waals surface area contributed by atoms with Gasteiger partial charge in [0.05, 0.1) is 0 Å². The second-order valence-electron chi connectivity index (χ2n) is 15.8. The number of allylic oxidation sites excluding steroid dienone is 8. The van der Waals surface area contributed by atoms with E-state index in [1.807, 2.05) is 0 Å². The van der Waals surface area contributed by atoms with E-state index < -0.39 is 0 Å². The van der Waals surface area contributed by atoms with Crippen molar-refractivity contribution in [1.29, 1.82) is 0 Å². The fraction of sp³-hybridized carbons (Fsp3) is 0.154. The average molecular weight is 699 g/mol. The van der Waals surface area contributed by atoms with Gasteiger partial charge in [0.15, 0.2) is 0 Å². The summed E-state index contributed by atoms with van der Waals surface area (Å²) in [6.45, 7) is 7.20. The average Bonchev–Trinajstić information content (AvgIpc) is 3.39. The molecule has 6 aromatic rings. The maximum atomic E-state index is 3.92. The van der Waals surface area contributed by atoms with Gasteiger partial charge in [-0.15, -0.1) is 0 Å². The molecule has 6 aromatic carbocycles. The maximum Gasteiger partial charge on any atom is 0.0470 e. The number of nitrogens with one attached hydrogen (secondary N) is 2. The third-order valence-corrected chi connectivity index (χ3v) is 12.0. The summed E-state index contributed by atoms with van der Waals surface area (Å²) in [5.74, 6) is 0.695. The van der Waals surface area contributed by atoms with Crippen molar-refractivity contribution in [3.05, 3.63) is 210 Å². The normalized spacial score (nSPS) is 20.5. The Morgan fingerprint density at radius 1 is 0.556 bits per heavy atom. The van der Waals surface area contributed by atoms with Crippen LogP contribution in [-0.2, 0) is 10.8 Å². The fourth-order valence-electron chi connectivity index (χ4n) is 9.21. The summed E-state index contributed by atoms with van der Waals surface area (Å²) >= 11 is 0. The molecule has 54 heavy (non-hydrogen) atoms. The van der Waals surface area contributed by atoms with E-state index in [1.54, 1.807) is 0 Å². The van der Waals surface area contributed by atoms with Crippen LogP contribution in [0.5, 0.6) is 0 Å². The second-order valence-corrected chi connectivity index (χ2v) is 15.8. The highest BCUT2D eigenvalue weighted by atomic mass is 14.9. The van der Waals surface area contributed by atoms with Crippen molar-refractivity contribution in [2.75, 3.05) is 10.6 Å². The van der Waals surface area contributed by atoms with E-state index in [-0.39, 0.29) is 16.7 Å². The molecule has 3 aliphatic carbocycles. The second kappa shape index (κ2) is 13.7. The first kappa shape index (κ1) is 33.7. The molecule has 9 rings (SSSR count).